The summed E-state index contributed by atoms with van der Waals surface area (Å²) in [6.45, 7) is 2.66. The van der Waals surface area contributed by atoms with E-state index in [0.29, 0.717) is 6.61 Å². The molecule has 0 aliphatic carbocycles. The molecule has 0 saturated carbocycles. The highest BCUT2D eigenvalue weighted by molar-refractivity contribution is 7.09. The number of carbonyl (C=O) groups excluding carboxylic acids is 1. The Morgan fingerprint density at radius 1 is 1.57 bits per heavy atom. The number of nitrogens with one attached hydrogen (secondary N) is 1. The minimum absolute atomic E-state index is 0.0133. The Kier molecular flexibility index (Phi) is 4.67. The summed E-state index contributed by atoms with van der Waals surface area (Å²) >= 11 is 3.27. The molecule has 1 saturated heterocycles. The zero-order valence-electron chi connectivity index (χ0n) is 11.9. The number of carbonyl (C=O) groups is 1. The number of nitrogens with zero attached hydrogens (tertiary/aromatic N) is 1. The lowest BCUT2D eigenvalue weighted by atomic mass is 10.1. The Morgan fingerprint density at radius 2 is 2.48 bits per heavy atom. The van der Waals surface area contributed by atoms with Crippen LogP contribution in [0.25, 0.3) is 0 Å². The lowest BCUT2D eigenvalue weighted by Gasteiger charge is -2.18. The van der Waals surface area contributed by atoms with Gasteiger partial charge in [0.05, 0.1) is 6.04 Å². The summed E-state index contributed by atoms with van der Waals surface area (Å²) in [4.78, 5) is 16.8. The molecule has 0 aromatic carbocycles. The maximum atomic E-state index is 12.3. The van der Waals surface area contributed by atoms with Gasteiger partial charge in [0.25, 0.3) is 0 Å². The first-order chi connectivity index (χ1) is 10.2. The molecule has 3 rings (SSSR count). The summed E-state index contributed by atoms with van der Waals surface area (Å²) in [5.74, 6) is -0.0133. The van der Waals surface area contributed by atoms with Crippen molar-refractivity contribution in [3.05, 3.63) is 38.5 Å². The molecule has 2 aromatic heterocycles. The van der Waals surface area contributed by atoms with Crippen LogP contribution in [0.15, 0.2) is 22.2 Å². The number of aromatic nitrogens is 1. The van der Waals surface area contributed by atoms with Crippen LogP contribution in [0.2, 0.25) is 0 Å². The first-order valence-corrected chi connectivity index (χ1v) is 8.89. The third-order valence-corrected chi connectivity index (χ3v) is 5.30. The second-order valence-electron chi connectivity index (χ2n) is 5.23. The largest absolute Gasteiger partial charge is 0.368 e. The fourth-order valence-corrected chi connectivity index (χ4v) is 3.95. The van der Waals surface area contributed by atoms with Crippen LogP contribution in [0.3, 0.4) is 0 Å². The van der Waals surface area contributed by atoms with Crippen LogP contribution in [0.4, 0.5) is 0 Å². The first kappa shape index (κ1) is 14.7. The summed E-state index contributed by atoms with van der Waals surface area (Å²) in [6, 6.07) is 2.02. The molecule has 2 aromatic rings. The van der Waals surface area contributed by atoms with Gasteiger partial charge in [0.1, 0.15) is 11.1 Å². The van der Waals surface area contributed by atoms with E-state index in [1.165, 1.54) is 5.56 Å². The summed E-state index contributed by atoms with van der Waals surface area (Å²) in [5.41, 5.74) is 2.22. The van der Waals surface area contributed by atoms with Gasteiger partial charge in [-0.3, -0.25) is 4.79 Å². The van der Waals surface area contributed by atoms with Crippen LogP contribution in [0, 0.1) is 6.92 Å². The van der Waals surface area contributed by atoms with E-state index in [-0.39, 0.29) is 18.1 Å². The molecular formula is C15H18N2O2S2. The third-order valence-electron chi connectivity index (χ3n) is 3.49. The maximum absolute atomic E-state index is 12.3. The molecule has 4 nitrogen and oxygen atoms in total. The fourth-order valence-electron chi connectivity index (χ4n) is 2.43. The van der Waals surface area contributed by atoms with Gasteiger partial charge in [-0.25, -0.2) is 4.98 Å². The molecule has 6 heteroatoms. The second-order valence-corrected chi connectivity index (χ2v) is 6.90. The van der Waals surface area contributed by atoms with Crippen molar-refractivity contribution in [3.63, 3.8) is 0 Å². The minimum atomic E-state index is -0.295. The lowest BCUT2D eigenvalue weighted by Crippen LogP contribution is -2.37. The second kappa shape index (κ2) is 6.68. The topological polar surface area (TPSA) is 51.2 Å². The molecule has 2 atom stereocenters. The SMILES string of the molecule is Cc1csc([C@H](Cc2ccsc2)NC(=O)[C@H]2CCCO2)n1. The Morgan fingerprint density at radius 3 is 3.10 bits per heavy atom. The minimum Gasteiger partial charge on any atom is -0.368 e. The molecule has 3 heterocycles. The molecule has 1 N–H and O–H groups in total. The van der Waals surface area contributed by atoms with Crippen molar-refractivity contribution in [2.24, 2.45) is 0 Å². The van der Waals surface area contributed by atoms with Gasteiger partial charge < -0.3 is 10.1 Å². The summed E-state index contributed by atoms with van der Waals surface area (Å²) < 4.78 is 5.46. The van der Waals surface area contributed by atoms with E-state index in [1.807, 2.05) is 12.3 Å². The number of thiazole rings is 1. The Labute approximate surface area is 132 Å². The van der Waals surface area contributed by atoms with Crippen LogP contribution < -0.4 is 5.32 Å². The third kappa shape index (κ3) is 3.70. The van der Waals surface area contributed by atoms with Gasteiger partial charge in [-0.1, -0.05) is 0 Å². The molecule has 112 valence electrons. The van der Waals surface area contributed by atoms with Gasteiger partial charge in [-0.15, -0.1) is 11.3 Å². The number of rotatable bonds is 5. The number of hydrogen-bond acceptors (Lipinski definition) is 5. The van der Waals surface area contributed by atoms with E-state index >= 15 is 0 Å². The van der Waals surface area contributed by atoms with Crippen LogP contribution in [0.5, 0.6) is 0 Å². The predicted molar refractivity (Wildman–Crippen MR) is 84.7 cm³/mol. The molecule has 1 aliphatic heterocycles. The van der Waals surface area contributed by atoms with Crippen LogP contribution in [-0.4, -0.2) is 23.6 Å². The fraction of sp³-hybridized carbons (Fsp3) is 0.467. The van der Waals surface area contributed by atoms with E-state index in [9.17, 15) is 4.79 Å². The molecule has 0 unspecified atom stereocenters. The van der Waals surface area contributed by atoms with E-state index in [4.69, 9.17) is 4.74 Å². The summed E-state index contributed by atoms with van der Waals surface area (Å²) in [7, 11) is 0. The average Bonchev–Trinajstić information content (AvgIpc) is 3.20. The standard InChI is InChI=1S/C15H18N2O2S2/c1-10-8-21-15(16-10)12(7-11-4-6-20-9-11)17-14(18)13-3-2-5-19-13/h4,6,8-9,12-13H,2-3,5,7H2,1H3,(H,17,18)/t12-,13+/m0/s1. The number of aryl methyl sites for hydroxylation is 1. The van der Waals surface area contributed by atoms with E-state index in [2.05, 4.69) is 27.1 Å². The molecule has 0 spiro atoms. The predicted octanol–water partition coefficient (Wildman–Crippen LogP) is 3.09. The molecule has 1 fully saturated rings. The quantitative estimate of drug-likeness (QED) is 0.920. The zero-order valence-corrected chi connectivity index (χ0v) is 13.5. The number of amides is 1. The highest BCUT2D eigenvalue weighted by Gasteiger charge is 2.27. The van der Waals surface area contributed by atoms with Crippen molar-refractivity contribution >= 4 is 28.6 Å². The van der Waals surface area contributed by atoms with Crippen LogP contribution in [0.1, 0.15) is 35.1 Å². The van der Waals surface area contributed by atoms with Gasteiger partial charge in [0.15, 0.2) is 0 Å². The highest BCUT2D eigenvalue weighted by Crippen LogP contribution is 2.24. The normalized spacial score (nSPS) is 19.6. The molecule has 0 radical (unpaired) electrons. The van der Waals surface area contributed by atoms with Crippen molar-refractivity contribution in [2.75, 3.05) is 6.61 Å². The molecular weight excluding hydrogens is 304 g/mol. The van der Waals surface area contributed by atoms with Crippen molar-refractivity contribution in [2.45, 2.75) is 38.3 Å². The highest BCUT2D eigenvalue weighted by atomic mass is 32.1. The Bertz CT molecular complexity index is 589. The van der Waals surface area contributed by atoms with Gasteiger partial charge in [0.2, 0.25) is 5.91 Å². The van der Waals surface area contributed by atoms with Crippen LogP contribution >= 0.6 is 22.7 Å². The number of hydrogen-bond donors (Lipinski definition) is 1. The van der Waals surface area contributed by atoms with Gasteiger partial charge in [-0.2, -0.15) is 11.3 Å². The number of ether oxygens (including phenoxy) is 1. The molecule has 21 heavy (non-hydrogen) atoms. The van der Waals surface area contributed by atoms with Gasteiger partial charge >= 0.3 is 0 Å². The molecule has 1 amide bonds. The average molecular weight is 322 g/mol. The smallest absolute Gasteiger partial charge is 0.249 e. The van der Waals surface area contributed by atoms with E-state index in [0.717, 1.165) is 30.0 Å². The van der Waals surface area contributed by atoms with Crippen molar-refractivity contribution < 1.29 is 9.53 Å². The zero-order chi connectivity index (χ0) is 14.7. The van der Waals surface area contributed by atoms with Gasteiger partial charge in [0, 0.05) is 24.1 Å². The monoisotopic (exact) mass is 322 g/mol. The summed E-state index contributed by atoms with van der Waals surface area (Å²) in [5, 5.41) is 10.3. The lowest BCUT2D eigenvalue weighted by molar-refractivity contribution is -0.130. The first-order valence-electron chi connectivity index (χ1n) is 7.07. The maximum Gasteiger partial charge on any atom is 0.249 e. The van der Waals surface area contributed by atoms with Crippen molar-refractivity contribution in [1.29, 1.82) is 0 Å². The van der Waals surface area contributed by atoms with Crippen molar-refractivity contribution in [3.8, 4) is 0 Å². The van der Waals surface area contributed by atoms with Crippen LogP contribution in [-0.2, 0) is 16.0 Å². The number of thiophene rings is 1. The van der Waals surface area contributed by atoms with E-state index < -0.39 is 0 Å². The molecule has 0 bridgehead atoms. The Balaban J connectivity index is 1.73. The molecule has 1 aliphatic rings. The summed E-state index contributed by atoms with van der Waals surface area (Å²) in [6.07, 6.45) is 2.25. The van der Waals surface area contributed by atoms with Crippen molar-refractivity contribution in [1.82, 2.24) is 10.3 Å². The van der Waals surface area contributed by atoms with Gasteiger partial charge in [-0.05, 0) is 42.2 Å². The van der Waals surface area contributed by atoms with E-state index in [1.54, 1.807) is 22.7 Å². The Hall–Kier alpha value is -1.24.